The maximum atomic E-state index is 11.1. The van der Waals surface area contributed by atoms with Gasteiger partial charge in [0.25, 0.3) is 0 Å². The number of ketones is 1. The van der Waals surface area contributed by atoms with E-state index in [2.05, 4.69) is 0 Å². The summed E-state index contributed by atoms with van der Waals surface area (Å²) in [6, 6.07) is 0. The van der Waals surface area contributed by atoms with Gasteiger partial charge in [0.1, 0.15) is 11.9 Å². The van der Waals surface area contributed by atoms with E-state index in [4.69, 9.17) is 9.47 Å². The van der Waals surface area contributed by atoms with Crippen molar-refractivity contribution < 1.29 is 34.4 Å². The fourth-order valence-corrected chi connectivity index (χ4v) is 2.32. The Labute approximate surface area is 130 Å². The maximum Gasteiger partial charge on any atom is 0.183 e. The number of carbonyl (C=O) groups excluding carboxylic acids is 2. The lowest BCUT2D eigenvalue weighted by Crippen LogP contribution is -2.47. The molecule has 1 heterocycles. The molecular weight excluding hydrogens is 292 g/mol. The second-order valence-electron chi connectivity index (χ2n) is 5.70. The predicted octanol–water partition coefficient (Wildman–Crippen LogP) is -0.481. The van der Waals surface area contributed by atoms with Crippen LogP contribution in [0.1, 0.15) is 51.9 Å². The molecule has 0 radical (unpaired) electrons. The molecule has 2 N–H and O–H groups in total. The zero-order valence-corrected chi connectivity index (χ0v) is 12.9. The Balaban J connectivity index is 2.01. The lowest BCUT2D eigenvalue weighted by atomic mass is 10.0. The lowest BCUT2D eigenvalue weighted by molar-refractivity contribution is -0.304. The van der Waals surface area contributed by atoms with Gasteiger partial charge >= 0.3 is 0 Å². The van der Waals surface area contributed by atoms with Gasteiger partial charge in [-0.1, -0.05) is 12.8 Å². The number of unbranched alkanes of at least 4 members (excludes halogenated alkanes) is 3. The molecule has 0 amide bonds. The summed E-state index contributed by atoms with van der Waals surface area (Å²) in [5, 5.41) is 29.5. The number of hydrogen-bond donors (Lipinski definition) is 2. The molecule has 1 fully saturated rings. The third-order valence-corrected chi connectivity index (χ3v) is 3.66. The number of carboxylic acid groups (broad SMARTS) is 1. The fraction of sp³-hybridized carbons (Fsp3) is 0.867. The number of ether oxygens (including phenoxy) is 2. The Morgan fingerprint density at radius 1 is 1.18 bits per heavy atom. The van der Waals surface area contributed by atoms with Crippen LogP contribution in [0.3, 0.4) is 0 Å². The van der Waals surface area contributed by atoms with E-state index >= 15 is 0 Å². The Hall–Kier alpha value is -1.02. The number of Topliss-reactive ketones (excluding diaryl/α,β-unsaturated/α-hetero) is 1. The molecule has 1 aliphatic rings. The van der Waals surface area contributed by atoms with E-state index in [0.717, 1.165) is 19.3 Å². The third-order valence-electron chi connectivity index (χ3n) is 3.66. The van der Waals surface area contributed by atoms with Gasteiger partial charge in [-0.15, -0.1) is 0 Å². The number of hydrogen-bond acceptors (Lipinski definition) is 7. The Bertz CT molecular complexity index is 358. The predicted molar refractivity (Wildman–Crippen MR) is 74.6 cm³/mol. The van der Waals surface area contributed by atoms with Crippen LogP contribution in [-0.2, 0) is 19.1 Å². The second-order valence-corrected chi connectivity index (χ2v) is 5.70. The molecule has 1 aliphatic heterocycles. The number of aliphatic hydroxyl groups excluding tert-OH is 2. The summed E-state index contributed by atoms with van der Waals surface area (Å²) in [6.45, 7) is 2.16. The summed E-state index contributed by atoms with van der Waals surface area (Å²) in [5.74, 6) is -1.63. The van der Waals surface area contributed by atoms with Gasteiger partial charge in [0, 0.05) is 31.8 Å². The lowest BCUT2D eigenvalue weighted by Gasteiger charge is -2.35. The van der Waals surface area contributed by atoms with Gasteiger partial charge in [0.05, 0.1) is 12.2 Å². The van der Waals surface area contributed by atoms with Gasteiger partial charge in [-0.25, -0.2) is 0 Å². The third kappa shape index (κ3) is 7.31. The smallest absolute Gasteiger partial charge is 0.183 e. The van der Waals surface area contributed by atoms with E-state index in [1.807, 2.05) is 0 Å². The van der Waals surface area contributed by atoms with Crippen molar-refractivity contribution >= 4 is 11.8 Å². The average molecular weight is 317 g/mol. The van der Waals surface area contributed by atoms with Gasteiger partial charge in [-0.05, 0) is 19.8 Å². The highest BCUT2D eigenvalue weighted by Crippen LogP contribution is 2.21. The Kier molecular flexibility index (Phi) is 8.55. The summed E-state index contributed by atoms with van der Waals surface area (Å²) in [7, 11) is 0. The first-order valence-corrected chi connectivity index (χ1v) is 7.75. The highest BCUT2D eigenvalue weighted by Gasteiger charge is 2.34. The van der Waals surface area contributed by atoms with E-state index < -0.39 is 30.9 Å². The average Bonchev–Trinajstić information content (AvgIpc) is 2.42. The van der Waals surface area contributed by atoms with Crippen LogP contribution in [0.25, 0.3) is 0 Å². The largest absolute Gasteiger partial charge is 0.550 e. The van der Waals surface area contributed by atoms with Gasteiger partial charge in [-0.3, -0.25) is 4.79 Å². The first kappa shape index (κ1) is 19.0. The van der Waals surface area contributed by atoms with Crippen molar-refractivity contribution in [3.63, 3.8) is 0 Å². The number of carbonyl (C=O) groups is 2. The van der Waals surface area contributed by atoms with E-state index in [0.29, 0.717) is 13.0 Å². The molecule has 0 aromatic rings. The van der Waals surface area contributed by atoms with Crippen molar-refractivity contribution in [2.45, 2.75) is 76.5 Å². The van der Waals surface area contributed by atoms with Gasteiger partial charge in [-0.2, -0.15) is 0 Å². The Morgan fingerprint density at radius 2 is 1.86 bits per heavy atom. The first-order chi connectivity index (χ1) is 10.4. The van der Waals surface area contributed by atoms with Crippen molar-refractivity contribution in [3.05, 3.63) is 0 Å². The van der Waals surface area contributed by atoms with Crippen LogP contribution in [0.2, 0.25) is 0 Å². The summed E-state index contributed by atoms with van der Waals surface area (Å²) in [4.78, 5) is 21.3. The number of carboxylic acids is 1. The zero-order valence-electron chi connectivity index (χ0n) is 12.9. The Morgan fingerprint density at radius 3 is 2.55 bits per heavy atom. The van der Waals surface area contributed by atoms with Crippen LogP contribution in [0.5, 0.6) is 0 Å². The van der Waals surface area contributed by atoms with Crippen LogP contribution in [-0.4, -0.2) is 53.2 Å². The van der Waals surface area contributed by atoms with Gasteiger partial charge < -0.3 is 29.6 Å². The molecule has 128 valence electrons. The minimum Gasteiger partial charge on any atom is -0.550 e. The standard InChI is InChI=1S/C15H26O7/c1-10-12(17)9-13(18)15(22-10)21-7-5-3-2-4-6-11(16)8-14(19)20/h10,12-13,15,17-18H,2-9H2,1H3,(H,19,20)/p-1/t10-,12+,13+,15+/m0/s1. The maximum absolute atomic E-state index is 11.1. The minimum atomic E-state index is -1.33. The molecule has 4 atom stereocenters. The highest BCUT2D eigenvalue weighted by molar-refractivity contribution is 5.93. The van der Waals surface area contributed by atoms with E-state index in [1.54, 1.807) is 6.92 Å². The zero-order chi connectivity index (χ0) is 16.5. The minimum absolute atomic E-state index is 0.242. The van der Waals surface area contributed by atoms with Crippen LogP contribution >= 0.6 is 0 Å². The van der Waals surface area contributed by atoms with Crippen molar-refractivity contribution in [2.24, 2.45) is 0 Å². The highest BCUT2D eigenvalue weighted by atomic mass is 16.7. The topological polar surface area (TPSA) is 116 Å². The fourth-order valence-electron chi connectivity index (χ4n) is 2.32. The molecule has 22 heavy (non-hydrogen) atoms. The van der Waals surface area contributed by atoms with Gasteiger partial charge in [0.15, 0.2) is 6.29 Å². The summed E-state index contributed by atoms with van der Waals surface area (Å²) >= 11 is 0. The number of aliphatic carboxylic acids is 1. The van der Waals surface area contributed by atoms with Crippen LogP contribution in [0.4, 0.5) is 0 Å². The molecule has 0 bridgehead atoms. The normalized spacial score (nSPS) is 28.5. The quantitative estimate of drug-likeness (QED) is 0.413. The van der Waals surface area contributed by atoms with Crippen molar-refractivity contribution in [1.29, 1.82) is 0 Å². The van der Waals surface area contributed by atoms with Crippen LogP contribution in [0.15, 0.2) is 0 Å². The molecule has 7 heteroatoms. The van der Waals surface area contributed by atoms with Crippen LogP contribution < -0.4 is 5.11 Å². The molecule has 0 spiro atoms. The molecule has 1 saturated heterocycles. The molecule has 0 aliphatic carbocycles. The van der Waals surface area contributed by atoms with Crippen molar-refractivity contribution in [1.82, 2.24) is 0 Å². The van der Waals surface area contributed by atoms with E-state index in [1.165, 1.54) is 0 Å². The molecule has 0 aromatic carbocycles. The molecule has 1 rings (SSSR count). The van der Waals surface area contributed by atoms with Crippen LogP contribution in [0, 0.1) is 0 Å². The van der Waals surface area contributed by atoms with E-state index in [9.17, 15) is 24.9 Å². The molecule has 7 nitrogen and oxygen atoms in total. The van der Waals surface area contributed by atoms with Crippen molar-refractivity contribution in [3.8, 4) is 0 Å². The molecular formula is C15H25O7-. The SMILES string of the molecule is C[C@@H]1O[C@@H](OCCCCCCC(=O)CC(=O)[O-])[C@H](O)C[C@H]1O. The molecule has 0 unspecified atom stereocenters. The second kappa shape index (κ2) is 9.89. The monoisotopic (exact) mass is 317 g/mol. The summed E-state index contributed by atoms with van der Waals surface area (Å²) in [6.07, 6.45) is 0.500. The summed E-state index contributed by atoms with van der Waals surface area (Å²) in [5.41, 5.74) is 0. The van der Waals surface area contributed by atoms with Gasteiger partial charge in [0.2, 0.25) is 0 Å². The number of aliphatic hydroxyl groups is 2. The molecule has 0 saturated carbocycles. The first-order valence-electron chi connectivity index (χ1n) is 7.75. The molecule has 0 aromatic heterocycles. The van der Waals surface area contributed by atoms with E-state index in [-0.39, 0.29) is 24.7 Å². The number of rotatable bonds is 10. The summed E-state index contributed by atoms with van der Waals surface area (Å²) < 4.78 is 10.8. The van der Waals surface area contributed by atoms with Crippen molar-refractivity contribution in [2.75, 3.05) is 6.61 Å².